The predicted molar refractivity (Wildman–Crippen MR) is 159 cm³/mol. The third-order valence-electron chi connectivity index (χ3n) is 8.81. The van der Waals surface area contributed by atoms with Gasteiger partial charge in [0.2, 0.25) is 0 Å². The lowest BCUT2D eigenvalue weighted by Crippen LogP contribution is -2.48. The minimum Gasteiger partial charge on any atom is -0.352 e. The van der Waals surface area contributed by atoms with E-state index >= 15 is 0 Å². The van der Waals surface area contributed by atoms with Crippen molar-refractivity contribution < 1.29 is 19.3 Å². The molecule has 1 saturated heterocycles. The van der Waals surface area contributed by atoms with E-state index in [9.17, 15) is 24.5 Å². The number of carbonyl (C=O) groups is 3. The maximum absolute atomic E-state index is 14.7. The van der Waals surface area contributed by atoms with E-state index in [4.69, 9.17) is 11.6 Å². The number of halogens is 1. The summed E-state index contributed by atoms with van der Waals surface area (Å²) in [6, 6.07) is 23.2. The van der Waals surface area contributed by atoms with Crippen molar-refractivity contribution in [2.24, 2.45) is 5.41 Å². The molecule has 42 heavy (non-hydrogen) atoms. The Morgan fingerprint density at radius 1 is 0.905 bits per heavy atom. The molecule has 2 aliphatic heterocycles. The van der Waals surface area contributed by atoms with Crippen LogP contribution in [0.1, 0.15) is 53.7 Å². The zero-order chi connectivity index (χ0) is 29.3. The monoisotopic (exact) mass is 574 g/mol. The molecule has 206 valence electrons. The zero-order valence-corrected chi connectivity index (χ0v) is 23.1. The van der Waals surface area contributed by atoms with E-state index < -0.39 is 39.9 Å². The summed E-state index contributed by atoms with van der Waals surface area (Å²) in [4.78, 5) is 57.2. The first-order valence-electron chi connectivity index (χ1n) is 13.5. The van der Waals surface area contributed by atoms with Crippen molar-refractivity contribution >= 4 is 46.4 Å². The molecule has 0 saturated carbocycles. The molecule has 7 nitrogen and oxygen atoms in total. The molecule has 1 spiro atoms. The first kappa shape index (κ1) is 26.0. The molecule has 1 aliphatic carbocycles. The van der Waals surface area contributed by atoms with Gasteiger partial charge in [-0.25, -0.2) is 0 Å². The van der Waals surface area contributed by atoms with Crippen LogP contribution in [0.3, 0.4) is 0 Å². The van der Waals surface area contributed by atoms with Crippen LogP contribution in [-0.4, -0.2) is 34.4 Å². The largest absolute Gasteiger partial charge is 0.352 e. The third-order valence-corrected chi connectivity index (χ3v) is 9.05. The zero-order valence-electron chi connectivity index (χ0n) is 22.4. The number of Topliss-reactive ketones (excluding diaryl/α,β-unsaturated/α-hetero) is 3. The Hall–Kier alpha value is -4.88. The van der Waals surface area contributed by atoms with Crippen LogP contribution in [-0.2, 0) is 0 Å². The highest BCUT2D eigenvalue weighted by Crippen LogP contribution is 2.61. The molecule has 0 aromatic heterocycles. The maximum Gasteiger partial charge on any atom is 0.269 e. The molecule has 0 radical (unpaired) electrons. The molecule has 4 aromatic rings. The fourth-order valence-corrected chi connectivity index (χ4v) is 7.22. The number of nitrogens with zero attached hydrogens (tertiary/aromatic N) is 2. The lowest BCUT2D eigenvalue weighted by Gasteiger charge is -2.37. The summed E-state index contributed by atoms with van der Waals surface area (Å²) in [5.41, 5.74) is 1.81. The number of hydrogen-bond acceptors (Lipinski definition) is 6. The lowest BCUT2D eigenvalue weighted by molar-refractivity contribution is -0.384. The molecular weight excluding hydrogens is 552 g/mol. The van der Waals surface area contributed by atoms with Crippen LogP contribution in [0.2, 0.25) is 5.02 Å². The minimum atomic E-state index is -1.74. The molecule has 2 heterocycles. The van der Waals surface area contributed by atoms with Crippen LogP contribution in [0.4, 0.5) is 11.4 Å². The summed E-state index contributed by atoms with van der Waals surface area (Å²) in [7, 11) is 0. The van der Waals surface area contributed by atoms with Crippen LogP contribution in [0.15, 0.2) is 97.1 Å². The van der Waals surface area contributed by atoms with Gasteiger partial charge in [0, 0.05) is 45.5 Å². The van der Waals surface area contributed by atoms with E-state index in [1.165, 1.54) is 18.2 Å². The van der Waals surface area contributed by atoms with Crippen molar-refractivity contribution in [3.8, 4) is 0 Å². The average molecular weight is 575 g/mol. The Labute approximate surface area is 246 Å². The fraction of sp³-hybridized carbons (Fsp3) is 0.147. The van der Waals surface area contributed by atoms with Crippen molar-refractivity contribution in [2.45, 2.75) is 24.9 Å². The number of aryl methyl sites for hydroxylation is 1. The molecule has 4 aromatic carbocycles. The minimum absolute atomic E-state index is 0.188. The van der Waals surface area contributed by atoms with Gasteiger partial charge in [0.15, 0.2) is 17.3 Å². The second-order valence-electron chi connectivity index (χ2n) is 11.0. The number of benzene rings is 4. The van der Waals surface area contributed by atoms with Crippen LogP contribution in [0, 0.1) is 22.5 Å². The maximum atomic E-state index is 14.7. The summed E-state index contributed by atoms with van der Waals surface area (Å²) < 4.78 is 0. The highest BCUT2D eigenvalue weighted by molar-refractivity contribution is 6.32. The molecule has 8 heteroatoms. The third kappa shape index (κ3) is 3.50. The number of anilines is 1. The van der Waals surface area contributed by atoms with Crippen molar-refractivity contribution in [3.63, 3.8) is 0 Å². The van der Waals surface area contributed by atoms with Crippen molar-refractivity contribution in [2.75, 3.05) is 4.90 Å². The Morgan fingerprint density at radius 2 is 1.60 bits per heavy atom. The van der Waals surface area contributed by atoms with E-state index in [2.05, 4.69) is 0 Å². The number of fused-ring (bicyclic) bond motifs is 5. The highest BCUT2D eigenvalue weighted by atomic mass is 35.5. The normalized spacial score (nSPS) is 21.3. The number of non-ortho nitro benzene ring substituents is 1. The summed E-state index contributed by atoms with van der Waals surface area (Å²) in [6.07, 6.45) is 3.63. The molecular formula is C34H23ClN2O5. The Bertz CT molecular complexity index is 1840. The number of carbonyl (C=O) groups excluding carboxylic acids is 3. The van der Waals surface area contributed by atoms with Gasteiger partial charge in [0.05, 0.1) is 11.0 Å². The highest BCUT2D eigenvalue weighted by Gasteiger charge is 2.71. The standard InChI is InChI=1S/C34H23ClN2O5/c1-19-9-11-20(12-10-19)31(38)30-29(22-5-4-6-24(18-22)37(41)42)34(32(39)25-7-2-3-8-26(25)33(34)40)28-16-13-21-17-23(35)14-15-27(21)36(28)30/h2-18,28-30H,1H3/t28-,29-,30-/m1/s1. The van der Waals surface area contributed by atoms with Crippen LogP contribution < -0.4 is 4.90 Å². The first-order chi connectivity index (χ1) is 20.2. The Morgan fingerprint density at radius 3 is 2.26 bits per heavy atom. The van der Waals surface area contributed by atoms with Gasteiger partial charge in [0.1, 0.15) is 11.5 Å². The number of rotatable bonds is 4. The lowest BCUT2D eigenvalue weighted by atomic mass is 9.64. The number of nitro groups is 1. The SMILES string of the molecule is Cc1ccc(C(=O)[C@H]2[C@@H](c3cccc([N+](=O)[O-])c3)C3(C(=O)c4ccccc4C3=O)[C@H]3C=Cc4cc(Cl)ccc4N23)cc1. The van der Waals surface area contributed by atoms with Crippen LogP contribution in [0.5, 0.6) is 0 Å². The van der Waals surface area contributed by atoms with Gasteiger partial charge in [-0.15, -0.1) is 0 Å². The van der Waals surface area contributed by atoms with Gasteiger partial charge in [-0.1, -0.05) is 90.0 Å². The number of ketones is 3. The smallest absolute Gasteiger partial charge is 0.269 e. The Balaban J connectivity index is 1.56. The van der Waals surface area contributed by atoms with Gasteiger partial charge in [-0.3, -0.25) is 24.5 Å². The summed E-state index contributed by atoms with van der Waals surface area (Å²) >= 11 is 6.34. The van der Waals surface area contributed by atoms with Crippen LogP contribution >= 0.6 is 11.6 Å². The van der Waals surface area contributed by atoms with E-state index in [-0.39, 0.29) is 22.6 Å². The van der Waals surface area contributed by atoms with E-state index in [1.807, 2.05) is 30.0 Å². The summed E-state index contributed by atoms with van der Waals surface area (Å²) in [6.45, 7) is 1.92. The van der Waals surface area contributed by atoms with Gasteiger partial charge in [-0.05, 0) is 36.2 Å². The molecule has 1 fully saturated rings. The second kappa shape index (κ2) is 9.33. The predicted octanol–water partition coefficient (Wildman–Crippen LogP) is 6.87. The molecule has 0 bridgehead atoms. The van der Waals surface area contributed by atoms with Gasteiger partial charge < -0.3 is 4.90 Å². The molecule has 3 atom stereocenters. The van der Waals surface area contributed by atoms with E-state index in [1.54, 1.807) is 66.7 Å². The summed E-state index contributed by atoms with van der Waals surface area (Å²) in [5.74, 6) is -2.11. The van der Waals surface area contributed by atoms with Gasteiger partial charge in [0.25, 0.3) is 5.69 Å². The van der Waals surface area contributed by atoms with Gasteiger partial charge >= 0.3 is 0 Å². The molecule has 0 N–H and O–H groups in total. The van der Waals surface area contributed by atoms with Crippen LogP contribution in [0.25, 0.3) is 6.08 Å². The average Bonchev–Trinajstić information content (AvgIpc) is 3.43. The van der Waals surface area contributed by atoms with Crippen molar-refractivity contribution in [1.82, 2.24) is 0 Å². The summed E-state index contributed by atoms with van der Waals surface area (Å²) in [5, 5.41) is 12.4. The van der Waals surface area contributed by atoms with Gasteiger partial charge in [-0.2, -0.15) is 0 Å². The molecule has 0 unspecified atom stereocenters. The van der Waals surface area contributed by atoms with Crippen molar-refractivity contribution in [1.29, 1.82) is 0 Å². The number of hydrogen-bond donors (Lipinski definition) is 0. The van der Waals surface area contributed by atoms with Crippen molar-refractivity contribution in [3.05, 3.63) is 146 Å². The Kier molecular flexibility index (Phi) is 5.78. The quantitative estimate of drug-likeness (QED) is 0.114. The first-order valence-corrected chi connectivity index (χ1v) is 13.9. The number of nitro benzene ring substituents is 1. The van der Waals surface area contributed by atoms with E-state index in [0.717, 1.165) is 11.1 Å². The molecule has 3 aliphatic rings. The molecule has 7 rings (SSSR count). The fourth-order valence-electron chi connectivity index (χ4n) is 7.04. The van der Waals surface area contributed by atoms with E-state index in [0.29, 0.717) is 21.8 Å². The second-order valence-corrected chi connectivity index (χ2v) is 11.4. The molecule has 0 amide bonds. The topological polar surface area (TPSA) is 97.6 Å².